The average Bonchev–Trinajstić information content (AvgIpc) is 2.60. The highest BCUT2D eigenvalue weighted by atomic mass is 16.5. The Balaban J connectivity index is 2.72. The molecule has 2 rings (SSSR count). The maximum absolute atomic E-state index is 5.53. The molecule has 13 heavy (non-hydrogen) atoms. The molecular weight excluding hydrogens is 166 g/mol. The average molecular weight is 177 g/mol. The Morgan fingerprint density at radius 2 is 2.46 bits per heavy atom. The molecule has 2 N–H and O–H groups in total. The van der Waals surface area contributed by atoms with E-state index in [1.165, 1.54) is 0 Å². The molecule has 0 bridgehead atoms. The van der Waals surface area contributed by atoms with E-state index in [2.05, 4.69) is 4.98 Å². The van der Waals surface area contributed by atoms with Crippen LogP contribution in [0.25, 0.3) is 5.52 Å². The van der Waals surface area contributed by atoms with Crippen molar-refractivity contribution in [3.05, 3.63) is 30.4 Å². The van der Waals surface area contributed by atoms with Gasteiger partial charge in [-0.25, -0.2) is 4.98 Å². The third kappa shape index (κ3) is 1.15. The second kappa shape index (κ2) is 3.06. The molecular formula is C9H11N3O. The molecule has 2 aromatic rings. The van der Waals surface area contributed by atoms with Gasteiger partial charge < -0.3 is 10.5 Å². The van der Waals surface area contributed by atoms with Crippen LogP contribution in [0, 0.1) is 0 Å². The van der Waals surface area contributed by atoms with Gasteiger partial charge in [0.05, 0.1) is 19.9 Å². The zero-order valence-electron chi connectivity index (χ0n) is 7.40. The van der Waals surface area contributed by atoms with Crippen LogP contribution in [-0.2, 0) is 6.54 Å². The molecule has 0 aliphatic carbocycles. The first kappa shape index (κ1) is 8.07. The molecule has 68 valence electrons. The van der Waals surface area contributed by atoms with Gasteiger partial charge in [-0.3, -0.25) is 4.40 Å². The minimum atomic E-state index is 0.432. The molecule has 0 aromatic carbocycles. The van der Waals surface area contributed by atoms with Gasteiger partial charge in [0.15, 0.2) is 0 Å². The fourth-order valence-corrected chi connectivity index (χ4v) is 1.37. The van der Waals surface area contributed by atoms with E-state index in [1.807, 2.05) is 22.7 Å². The van der Waals surface area contributed by atoms with E-state index in [9.17, 15) is 0 Å². The Morgan fingerprint density at radius 1 is 1.62 bits per heavy atom. The topological polar surface area (TPSA) is 52.5 Å². The number of hydrogen-bond donors (Lipinski definition) is 1. The SMILES string of the molecule is COc1cccn2c(CN)ncc12. The molecule has 0 spiro atoms. The first-order valence-electron chi connectivity index (χ1n) is 4.06. The Morgan fingerprint density at radius 3 is 3.15 bits per heavy atom. The summed E-state index contributed by atoms with van der Waals surface area (Å²) in [7, 11) is 1.64. The molecule has 0 radical (unpaired) electrons. The Labute approximate surface area is 76.0 Å². The lowest BCUT2D eigenvalue weighted by atomic mass is 10.4. The highest BCUT2D eigenvalue weighted by Gasteiger charge is 2.04. The molecule has 0 amide bonds. The number of fused-ring (bicyclic) bond motifs is 1. The molecule has 0 aliphatic rings. The molecule has 0 saturated heterocycles. The number of methoxy groups -OCH3 is 1. The number of hydrogen-bond acceptors (Lipinski definition) is 3. The van der Waals surface area contributed by atoms with E-state index < -0.39 is 0 Å². The van der Waals surface area contributed by atoms with Gasteiger partial charge in [0.2, 0.25) is 0 Å². The summed E-state index contributed by atoms with van der Waals surface area (Å²) in [5, 5.41) is 0. The number of ether oxygens (including phenoxy) is 1. The fraction of sp³-hybridized carbons (Fsp3) is 0.222. The van der Waals surface area contributed by atoms with Crippen LogP contribution < -0.4 is 10.5 Å². The second-order valence-electron chi connectivity index (χ2n) is 2.71. The Kier molecular flexibility index (Phi) is 1.90. The normalized spacial score (nSPS) is 10.6. The number of nitrogens with two attached hydrogens (primary N) is 1. The standard InChI is InChI=1S/C9H11N3O/c1-13-8-3-2-4-12-7(8)6-11-9(12)5-10/h2-4,6H,5,10H2,1H3. The summed E-state index contributed by atoms with van der Waals surface area (Å²) in [5.74, 6) is 1.66. The summed E-state index contributed by atoms with van der Waals surface area (Å²) in [6.45, 7) is 0.432. The van der Waals surface area contributed by atoms with Gasteiger partial charge in [-0.05, 0) is 12.1 Å². The lowest BCUT2D eigenvalue weighted by molar-refractivity contribution is 0.418. The third-order valence-electron chi connectivity index (χ3n) is 2.01. The van der Waals surface area contributed by atoms with Gasteiger partial charge in [0.1, 0.15) is 17.1 Å². The van der Waals surface area contributed by atoms with E-state index in [-0.39, 0.29) is 0 Å². The quantitative estimate of drug-likeness (QED) is 0.738. The molecule has 0 atom stereocenters. The van der Waals surface area contributed by atoms with Crippen molar-refractivity contribution < 1.29 is 4.74 Å². The van der Waals surface area contributed by atoms with Crippen molar-refractivity contribution in [2.45, 2.75) is 6.54 Å². The van der Waals surface area contributed by atoms with Crippen molar-refractivity contribution in [2.75, 3.05) is 7.11 Å². The Hall–Kier alpha value is -1.55. The van der Waals surface area contributed by atoms with E-state index in [4.69, 9.17) is 10.5 Å². The van der Waals surface area contributed by atoms with E-state index in [1.54, 1.807) is 13.3 Å². The maximum Gasteiger partial charge on any atom is 0.144 e. The first-order valence-corrected chi connectivity index (χ1v) is 4.06. The van der Waals surface area contributed by atoms with Crippen LogP contribution in [0.1, 0.15) is 5.82 Å². The summed E-state index contributed by atoms with van der Waals surface area (Å²) < 4.78 is 7.11. The number of aromatic nitrogens is 2. The monoisotopic (exact) mass is 177 g/mol. The highest BCUT2D eigenvalue weighted by molar-refractivity contribution is 5.59. The van der Waals surface area contributed by atoms with Crippen LogP contribution in [0.2, 0.25) is 0 Å². The largest absolute Gasteiger partial charge is 0.494 e. The predicted octanol–water partition coefficient (Wildman–Crippen LogP) is 0.802. The van der Waals surface area contributed by atoms with Crippen LogP contribution >= 0.6 is 0 Å². The predicted molar refractivity (Wildman–Crippen MR) is 49.6 cm³/mol. The zero-order valence-corrected chi connectivity index (χ0v) is 7.40. The lowest BCUT2D eigenvalue weighted by Crippen LogP contribution is -2.02. The molecule has 4 heteroatoms. The summed E-state index contributed by atoms with van der Waals surface area (Å²) in [4.78, 5) is 4.18. The molecule has 0 aliphatic heterocycles. The van der Waals surface area contributed by atoms with E-state index in [0.29, 0.717) is 6.54 Å². The van der Waals surface area contributed by atoms with Gasteiger partial charge in [0.25, 0.3) is 0 Å². The molecule has 2 aromatic heterocycles. The van der Waals surface area contributed by atoms with Gasteiger partial charge >= 0.3 is 0 Å². The summed E-state index contributed by atoms with van der Waals surface area (Å²) in [6, 6.07) is 3.81. The fourth-order valence-electron chi connectivity index (χ4n) is 1.37. The smallest absolute Gasteiger partial charge is 0.144 e. The Bertz CT molecular complexity index is 422. The van der Waals surface area contributed by atoms with Crippen LogP contribution in [0.3, 0.4) is 0 Å². The van der Waals surface area contributed by atoms with Gasteiger partial charge in [0, 0.05) is 6.20 Å². The van der Waals surface area contributed by atoms with Crippen LogP contribution in [0.15, 0.2) is 24.5 Å². The van der Waals surface area contributed by atoms with Crippen molar-refractivity contribution in [3.8, 4) is 5.75 Å². The van der Waals surface area contributed by atoms with E-state index in [0.717, 1.165) is 17.1 Å². The molecule has 0 saturated carbocycles. The molecule has 2 heterocycles. The number of nitrogens with zero attached hydrogens (tertiary/aromatic N) is 2. The van der Waals surface area contributed by atoms with Crippen molar-refractivity contribution >= 4 is 5.52 Å². The number of imidazole rings is 1. The number of rotatable bonds is 2. The zero-order chi connectivity index (χ0) is 9.26. The summed E-state index contributed by atoms with van der Waals surface area (Å²) in [5.41, 5.74) is 6.48. The van der Waals surface area contributed by atoms with Crippen molar-refractivity contribution in [3.63, 3.8) is 0 Å². The lowest BCUT2D eigenvalue weighted by Gasteiger charge is -2.02. The first-order chi connectivity index (χ1) is 6.36. The van der Waals surface area contributed by atoms with Gasteiger partial charge in [-0.2, -0.15) is 0 Å². The van der Waals surface area contributed by atoms with Gasteiger partial charge in [-0.15, -0.1) is 0 Å². The van der Waals surface area contributed by atoms with Crippen molar-refractivity contribution in [1.29, 1.82) is 0 Å². The van der Waals surface area contributed by atoms with Crippen LogP contribution in [-0.4, -0.2) is 16.5 Å². The van der Waals surface area contributed by atoms with E-state index >= 15 is 0 Å². The molecule has 0 fully saturated rings. The highest BCUT2D eigenvalue weighted by Crippen LogP contribution is 2.19. The third-order valence-corrected chi connectivity index (χ3v) is 2.01. The summed E-state index contributed by atoms with van der Waals surface area (Å²) in [6.07, 6.45) is 3.69. The van der Waals surface area contributed by atoms with Crippen molar-refractivity contribution in [1.82, 2.24) is 9.38 Å². The second-order valence-corrected chi connectivity index (χ2v) is 2.71. The molecule has 0 unspecified atom stereocenters. The minimum Gasteiger partial charge on any atom is -0.494 e. The van der Waals surface area contributed by atoms with Crippen molar-refractivity contribution in [2.24, 2.45) is 5.73 Å². The van der Waals surface area contributed by atoms with Crippen LogP contribution in [0.4, 0.5) is 0 Å². The molecule has 4 nitrogen and oxygen atoms in total. The number of pyridine rings is 1. The summed E-state index contributed by atoms with van der Waals surface area (Å²) >= 11 is 0. The minimum absolute atomic E-state index is 0.432. The van der Waals surface area contributed by atoms with Crippen LogP contribution in [0.5, 0.6) is 5.75 Å². The maximum atomic E-state index is 5.53. The van der Waals surface area contributed by atoms with Gasteiger partial charge in [-0.1, -0.05) is 0 Å².